The highest BCUT2D eigenvalue weighted by molar-refractivity contribution is 7.13. The van der Waals surface area contributed by atoms with Crippen LogP contribution in [-0.4, -0.2) is 37.7 Å². The lowest BCUT2D eigenvalue weighted by molar-refractivity contribution is -0.0614. The molecule has 1 aromatic heterocycles. The lowest BCUT2D eigenvalue weighted by Crippen LogP contribution is -2.37. The van der Waals surface area contributed by atoms with Crippen LogP contribution < -0.4 is 20.5 Å². The van der Waals surface area contributed by atoms with Crippen LogP contribution in [0.2, 0.25) is 0 Å². The smallest absolute Gasteiger partial charge is 0.428 e. The molecule has 0 saturated carbocycles. The Bertz CT molecular complexity index is 753. The van der Waals surface area contributed by atoms with Crippen molar-refractivity contribution in [3.8, 4) is 11.5 Å². The third kappa shape index (κ3) is 3.67. The molecule has 0 aliphatic carbocycles. The van der Waals surface area contributed by atoms with Crippen molar-refractivity contribution in [1.29, 1.82) is 5.41 Å². The van der Waals surface area contributed by atoms with Crippen LogP contribution >= 0.6 is 11.3 Å². The average molecular weight is 373 g/mol. The molecule has 0 bridgehead atoms. The highest BCUT2D eigenvalue weighted by atomic mass is 32.1. The molecule has 25 heavy (non-hydrogen) atoms. The van der Waals surface area contributed by atoms with Gasteiger partial charge in [0.2, 0.25) is 0 Å². The molecule has 136 valence electrons. The van der Waals surface area contributed by atoms with Gasteiger partial charge < -0.3 is 25.9 Å². The van der Waals surface area contributed by atoms with E-state index in [4.69, 9.17) is 20.6 Å². The minimum absolute atomic E-state index is 0.445. The number of nitrogens with two attached hydrogens (primary N) is 1. The van der Waals surface area contributed by atoms with Crippen LogP contribution in [0, 0.1) is 12.3 Å². The summed E-state index contributed by atoms with van der Waals surface area (Å²) in [7, 11) is 0. The summed E-state index contributed by atoms with van der Waals surface area (Å²) < 4.78 is 49.0. The van der Waals surface area contributed by atoms with Gasteiger partial charge in [-0.15, -0.1) is 11.3 Å². The first kappa shape index (κ1) is 17.8. The van der Waals surface area contributed by atoms with E-state index in [2.05, 4.69) is 5.32 Å². The van der Waals surface area contributed by atoms with Gasteiger partial charge in [0.1, 0.15) is 18.9 Å². The van der Waals surface area contributed by atoms with Crippen molar-refractivity contribution >= 4 is 22.6 Å². The predicted molar refractivity (Wildman–Crippen MR) is 90.5 cm³/mol. The Labute approximate surface area is 146 Å². The Morgan fingerprint density at radius 2 is 2.04 bits per heavy atom. The van der Waals surface area contributed by atoms with E-state index < -0.39 is 24.4 Å². The number of alkyl halides is 3. The summed E-state index contributed by atoms with van der Waals surface area (Å²) in [5.74, 6) is 1.40. The van der Waals surface area contributed by atoms with Crippen molar-refractivity contribution in [3.63, 3.8) is 0 Å². The van der Waals surface area contributed by atoms with E-state index in [0.717, 1.165) is 21.1 Å². The van der Waals surface area contributed by atoms with Crippen LogP contribution in [0.3, 0.4) is 0 Å². The van der Waals surface area contributed by atoms with Crippen molar-refractivity contribution in [2.45, 2.75) is 25.6 Å². The zero-order valence-corrected chi connectivity index (χ0v) is 14.3. The number of halogens is 3. The maximum absolute atomic E-state index is 12.5. The van der Waals surface area contributed by atoms with Gasteiger partial charge in [-0.05, 0) is 18.6 Å². The number of aryl methyl sites for hydroxylation is 1. The van der Waals surface area contributed by atoms with Gasteiger partial charge in [-0.1, -0.05) is 6.08 Å². The number of fused-ring (bicyclic) bond motifs is 1. The van der Waals surface area contributed by atoms with Crippen molar-refractivity contribution in [3.05, 3.63) is 27.6 Å². The number of rotatable bonds is 4. The van der Waals surface area contributed by atoms with Crippen LogP contribution in [0.25, 0.3) is 5.57 Å². The van der Waals surface area contributed by atoms with Gasteiger partial charge in [0, 0.05) is 23.5 Å². The molecule has 0 aromatic carbocycles. The molecule has 2 aliphatic heterocycles. The standard InChI is InChI=1S/C16H18F3N3O2S/c1-8-13-14(24-5-4-23-13)15(25-8)9-2-3-22-11(6-9)10(20)7-12(21)16(17,18)19/h2,6,10,21-22H,3-5,7,20H2,1H3. The highest BCUT2D eigenvalue weighted by Crippen LogP contribution is 2.47. The lowest BCUT2D eigenvalue weighted by atomic mass is 10.0. The quantitative estimate of drug-likeness (QED) is 0.709. The van der Waals surface area contributed by atoms with Crippen LogP contribution in [0.15, 0.2) is 17.8 Å². The molecule has 3 rings (SSSR count). The van der Waals surface area contributed by atoms with E-state index in [1.807, 2.05) is 13.0 Å². The molecule has 0 saturated heterocycles. The minimum Gasteiger partial charge on any atom is -0.485 e. The molecule has 1 unspecified atom stereocenters. The van der Waals surface area contributed by atoms with Crippen LogP contribution in [0.4, 0.5) is 13.2 Å². The topological polar surface area (TPSA) is 80.4 Å². The monoisotopic (exact) mass is 373 g/mol. The van der Waals surface area contributed by atoms with Crippen molar-refractivity contribution in [1.82, 2.24) is 5.32 Å². The molecule has 9 heteroatoms. The summed E-state index contributed by atoms with van der Waals surface area (Å²) >= 11 is 1.51. The second-order valence-corrected chi connectivity index (χ2v) is 6.99. The van der Waals surface area contributed by atoms with Crippen molar-refractivity contribution in [2.75, 3.05) is 19.8 Å². The zero-order chi connectivity index (χ0) is 18.2. The zero-order valence-electron chi connectivity index (χ0n) is 13.5. The van der Waals surface area contributed by atoms with Gasteiger partial charge in [0.05, 0.1) is 10.9 Å². The molecule has 2 aliphatic rings. The van der Waals surface area contributed by atoms with Crippen LogP contribution in [0.5, 0.6) is 11.5 Å². The number of nitrogens with one attached hydrogen (secondary N) is 2. The third-order valence-electron chi connectivity index (χ3n) is 3.93. The highest BCUT2D eigenvalue weighted by Gasteiger charge is 2.35. The van der Waals surface area contributed by atoms with E-state index in [9.17, 15) is 13.2 Å². The second kappa shape index (κ2) is 6.72. The molecule has 0 radical (unpaired) electrons. The first-order chi connectivity index (χ1) is 11.8. The molecular weight excluding hydrogens is 355 g/mol. The van der Waals surface area contributed by atoms with Gasteiger partial charge in [-0.2, -0.15) is 13.2 Å². The Balaban J connectivity index is 1.83. The van der Waals surface area contributed by atoms with Gasteiger partial charge >= 0.3 is 6.18 Å². The molecule has 0 spiro atoms. The first-order valence-corrected chi connectivity index (χ1v) is 8.54. The summed E-state index contributed by atoms with van der Waals surface area (Å²) in [6.07, 6.45) is -1.58. The molecular formula is C16H18F3N3O2S. The van der Waals surface area contributed by atoms with E-state index in [1.165, 1.54) is 11.3 Å². The summed E-state index contributed by atoms with van der Waals surface area (Å²) in [4.78, 5) is 1.87. The Kier molecular flexibility index (Phi) is 4.79. The molecule has 1 atom stereocenters. The maximum atomic E-state index is 12.5. The lowest BCUT2D eigenvalue weighted by Gasteiger charge is -2.23. The number of hydrogen-bond donors (Lipinski definition) is 3. The van der Waals surface area contributed by atoms with Crippen LogP contribution in [-0.2, 0) is 0 Å². The average Bonchev–Trinajstić information content (AvgIpc) is 2.91. The van der Waals surface area contributed by atoms with Crippen molar-refractivity contribution in [2.24, 2.45) is 5.73 Å². The van der Waals surface area contributed by atoms with Gasteiger partial charge in [0.15, 0.2) is 11.5 Å². The van der Waals surface area contributed by atoms with Crippen LogP contribution in [0.1, 0.15) is 16.2 Å². The normalized spacial score (nSPS) is 18.1. The molecule has 0 amide bonds. The summed E-state index contributed by atoms with van der Waals surface area (Å²) in [5, 5.41) is 10.1. The van der Waals surface area contributed by atoms with Gasteiger partial charge in [-0.25, -0.2) is 0 Å². The fourth-order valence-electron chi connectivity index (χ4n) is 2.68. The van der Waals surface area contributed by atoms with Gasteiger partial charge in [0.25, 0.3) is 0 Å². The van der Waals surface area contributed by atoms with E-state index in [-0.39, 0.29) is 0 Å². The summed E-state index contributed by atoms with van der Waals surface area (Å²) in [5.41, 5.74) is 5.86. The van der Waals surface area contributed by atoms with E-state index in [1.54, 1.807) is 6.08 Å². The maximum Gasteiger partial charge on any atom is 0.428 e. The van der Waals surface area contributed by atoms with Crippen molar-refractivity contribution < 1.29 is 22.6 Å². The molecule has 0 fully saturated rings. The molecule has 3 heterocycles. The predicted octanol–water partition coefficient (Wildman–Crippen LogP) is 3.00. The summed E-state index contributed by atoms with van der Waals surface area (Å²) in [6.45, 7) is 3.34. The second-order valence-electron chi connectivity index (χ2n) is 5.77. The fraction of sp³-hybridized carbons (Fsp3) is 0.438. The van der Waals surface area contributed by atoms with Gasteiger partial charge in [-0.3, -0.25) is 0 Å². The molecule has 5 nitrogen and oxygen atoms in total. The summed E-state index contributed by atoms with van der Waals surface area (Å²) in [6, 6.07) is -0.924. The number of dihydropyridines is 1. The number of hydrogen-bond acceptors (Lipinski definition) is 6. The number of thiophene rings is 1. The molecule has 4 N–H and O–H groups in total. The van der Waals surface area contributed by atoms with E-state index >= 15 is 0 Å². The van der Waals surface area contributed by atoms with E-state index in [0.29, 0.717) is 31.2 Å². The fourth-order valence-corrected chi connectivity index (χ4v) is 3.74. The Morgan fingerprint density at radius 3 is 2.72 bits per heavy atom. The molecule has 1 aromatic rings. The largest absolute Gasteiger partial charge is 0.485 e. The number of ether oxygens (including phenoxy) is 2. The SMILES string of the molecule is Cc1sc(C2=CCNC(C(N)CC(=N)C(F)(F)F)=C2)c2c1OCCO2. The first-order valence-electron chi connectivity index (χ1n) is 7.72. The third-order valence-corrected chi connectivity index (χ3v) is 5.05. The Hall–Kier alpha value is -2.00. The Morgan fingerprint density at radius 1 is 1.36 bits per heavy atom. The minimum atomic E-state index is -4.65. The number of allylic oxidation sites excluding steroid dienone is 2.